The number of benzene rings is 1. The number of carboxylic acids is 1. The number of carboxylic acid groups (broad SMARTS) is 1. The van der Waals surface area contributed by atoms with Gasteiger partial charge in [-0.05, 0) is 65.2 Å². The molecule has 1 aromatic carbocycles. The van der Waals surface area contributed by atoms with Crippen LogP contribution in [-0.2, 0) is 20.7 Å². The Morgan fingerprint density at radius 3 is 2.51 bits per heavy atom. The van der Waals surface area contributed by atoms with Crippen LogP contribution in [0.2, 0.25) is 0 Å². The Morgan fingerprint density at radius 2 is 1.90 bits per heavy atom. The molecule has 1 atom stereocenters. The topological polar surface area (TPSA) is 102 Å². The molecular formula is C30H36FN5O4S. The van der Waals surface area contributed by atoms with Crippen LogP contribution in [0.4, 0.5) is 10.2 Å². The van der Waals surface area contributed by atoms with Crippen LogP contribution in [0.1, 0.15) is 68.3 Å². The highest BCUT2D eigenvalue weighted by Crippen LogP contribution is 2.38. The van der Waals surface area contributed by atoms with Crippen LogP contribution in [0.3, 0.4) is 0 Å². The van der Waals surface area contributed by atoms with E-state index >= 15 is 0 Å². The number of piperidine rings is 1. The molecule has 0 spiro atoms. The van der Waals surface area contributed by atoms with Crippen molar-refractivity contribution in [3.8, 4) is 10.7 Å². The van der Waals surface area contributed by atoms with Crippen molar-refractivity contribution in [1.82, 2.24) is 19.6 Å². The zero-order chi connectivity index (χ0) is 29.5. The molecule has 1 fully saturated rings. The zero-order valence-electron chi connectivity index (χ0n) is 24.3. The SMILES string of the molecule is COC1(C)CCN(c2c(C(OC(C)(C)C)C(=O)O)c(C)nc3cc(-c4ncc(Cc5ccc(F)cc5)s4)nn23)CC1. The third kappa shape index (κ3) is 6.27. The maximum atomic E-state index is 13.3. The number of fused-ring (bicyclic) bond motifs is 1. The van der Waals surface area contributed by atoms with Crippen LogP contribution in [0, 0.1) is 12.7 Å². The first-order chi connectivity index (χ1) is 19.4. The molecule has 1 unspecified atom stereocenters. The third-order valence-electron chi connectivity index (χ3n) is 7.44. The molecular weight excluding hydrogens is 545 g/mol. The molecule has 0 radical (unpaired) electrons. The molecule has 218 valence electrons. The van der Waals surface area contributed by atoms with E-state index in [-0.39, 0.29) is 11.4 Å². The summed E-state index contributed by atoms with van der Waals surface area (Å²) in [5, 5.41) is 15.9. The van der Waals surface area contributed by atoms with Crippen molar-refractivity contribution < 1.29 is 23.8 Å². The Hall–Kier alpha value is -3.41. The van der Waals surface area contributed by atoms with E-state index in [1.165, 1.54) is 23.5 Å². The maximum absolute atomic E-state index is 13.3. The van der Waals surface area contributed by atoms with E-state index in [1.54, 1.807) is 23.8 Å². The number of nitrogens with zero attached hydrogens (tertiary/aromatic N) is 5. The van der Waals surface area contributed by atoms with Crippen LogP contribution < -0.4 is 4.90 Å². The van der Waals surface area contributed by atoms with Gasteiger partial charge in [-0.1, -0.05) is 12.1 Å². The highest BCUT2D eigenvalue weighted by Gasteiger charge is 2.37. The van der Waals surface area contributed by atoms with Crippen LogP contribution in [0.5, 0.6) is 0 Å². The van der Waals surface area contributed by atoms with Gasteiger partial charge < -0.3 is 19.5 Å². The van der Waals surface area contributed by atoms with Gasteiger partial charge in [0.2, 0.25) is 0 Å². The molecule has 0 aliphatic carbocycles. The monoisotopic (exact) mass is 581 g/mol. The first kappa shape index (κ1) is 29.1. The Morgan fingerprint density at radius 1 is 1.22 bits per heavy atom. The predicted molar refractivity (Wildman–Crippen MR) is 156 cm³/mol. The molecule has 4 heterocycles. The Labute approximate surface area is 243 Å². The van der Waals surface area contributed by atoms with Gasteiger partial charge in [-0.25, -0.2) is 19.2 Å². The number of ether oxygens (including phenoxy) is 2. The number of methoxy groups -OCH3 is 1. The normalized spacial score (nSPS) is 16.3. The second-order valence-electron chi connectivity index (χ2n) is 11.8. The molecule has 0 saturated carbocycles. The van der Waals surface area contributed by atoms with Crippen LogP contribution in [0.15, 0.2) is 36.5 Å². The molecule has 4 aromatic rings. The summed E-state index contributed by atoms with van der Waals surface area (Å²) in [7, 11) is 1.73. The molecule has 5 rings (SSSR count). The maximum Gasteiger partial charge on any atom is 0.337 e. The number of carbonyl (C=O) groups is 1. The molecule has 0 amide bonds. The summed E-state index contributed by atoms with van der Waals surface area (Å²) in [5.74, 6) is -0.682. The largest absolute Gasteiger partial charge is 0.479 e. The molecule has 11 heteroatoms. The summed E-state index contributed by atoms with van der Waals surface area (Å²) >= 11 is 1.51. The minimum Gasteiger partial charge on any atom is -0.479 e. The van der Waals surface area contributed by atoms with E-state index in [2.05, 4.69) is 16.8 Å². The highest BCUT2D eigenvalue weighted by molar-refractivity contribution is 7.15. The van der Waals surface area contributed by atoms with E-state index in [4.69, 9.17) is 19.6 Å². The van der Waals surface area contributed by atoms with Gasteiger partial charge >= 0.3 is 5.97 Å². The second-order valence-corrected chi connectivity index (χ2v) is 12.9. The first-order valence-electron chi connectivity index (χ1n) is 13.7. The summed E-state index contributed by atoms with van der Waals surface area (Å²) in [4.78, 5) is 25.2. The molecule has 1 aliphatic heterocycles. The van der Waals surface area contributed by atoms with E-state index in [0.717, 1.165) is 28.3 Å². The minimum atomic E-state index is -1.23. The van der Waals surface area contributed by atoms with Crippen LogP contribution in [-0.4, -0.2) is 62.1 Å². The number of aliphatic carboxylic acids is 1. The van der Waals surface area contributed by atoms with Crippen molar-refractivity contribution in [2.45, 2.75) is 71.2 Å². The van der Waals surface area contributed by atoms with Crippen LogP contribution in [0.25, 0.3) is 16.3 Å². The number of aromatic nitrogens is 4. The zero-order valence-corrected chi connectivity index (χ0v) is 25.1. The van der Waals surface area contributed by atoms with Crippen LogP contribution >= 0.6 is 11.3 Å². The lowest BCUT2D eigenvalue weighted by Gasteiger charge is -2.40. The van der Waals surface area contributed by atoms with Crippen molar-refractivity contribution in [1.29, 1.82) is 0 Å². The molecule has 1 aliphatic rings. The number of hydrogen-bond acceptors (Lipinski definition) is 8. The average molecular weight is 582 g/mol. The predicted octanol–water partition coefficient (Wildman–Crippen LogP) is 5.84. The van der Waals surface area contributed by atoms with Gasteiger partial charge in [0.05, 0.1) is 16.8 Å². The Bertz CT molecular complexity index is 1550. The number of hydrogen-bond donors (Lipinski definition) is 1. The molecule has 0 bridgehead atoms. The van der Waals surface area contributed by atoms with Gasteiger partial charge in [-0.2, -0.15) is 9.61 Å². The molecule has 41 heavy (non-hydrogen) atoms. The van der Waals surface area contributed by atoms with Gasteiger partial charge in [0, 0.05) is 49.5 Å². The summed E-state index contributed by atoms with van der Waals surface area (Å²) in [6, 6.07) is 8.33. The number of anilines is 1. The van der Waals surface area contributed by atoms with E-state index < -0.39 is 17.7 Å². The smallest absolute Gasteiger partial charge is 0.337 e. The van der Waals surface area contributed by atoms with Crippen molar-refractivity contribution >= 4 is 28.8 Å². The van der Waals surface area contributed by atoms with Crippen molar-refractivity contribution in [3.05, 3.63) is 64.0 Å². The average Bonchev–Trinajstić information content (AvgIpc) is 3.55. The molecule has 9 nitrogen and oxygen atoms in total. The molecule has 1 N–H and O–H groups in total. The fourth-order valence-electron chi connectivity index (χ4n) is 5.12. The number of halogens is 1. The lowest BCUT2D eigenvalue weighted by atomic mass is 9.93. The third-order valence-corrected chi connectivity index (χ3v) is 8.46. The van der Waals surface area contributed by atoms with E-state index in [0.29, 0.717) is 47.9 Å². The van der Waals surface area contributed by atoms with E-state index in [1.807, 2.05) is 40.0 Å². The fourth-order valence-corrected chi connectivity index (χ4v) is 6.03. The lowest BCUT2D eigenvalue weighted by Crippen LogP contribution is -2.45. The van der Waals surface area contributed by atoms with Crippen molar-refractivity contribution in [2.75, 3.05) is 25.1 Å². The quantitative estimate of drug-likeness (QED) is 0.277. The first-order valence-corrected chi connectivity index (χ1v) is 14.5. The Balaban J connectivity index is 1.59. The molecule has 3 aromatic heterocycles. The summed E-state index contributed by atoms with van der Waals surface area (Å²) in [5.41, 5.74) is 2.36. The Kier molecular flexibility index (Phi) is 7.88. The van der Waals surface area contributed by atoms with Crippen molar-refractivity contribution in [2.24, 2.45) is 0 Å². The van der Waals surface area contributed by atoms with Crippen molar-refractivity contribution in [3.63, 3.8) is 0 Å². The van der Waals surface area contributed by atoms with Gasteiger partial charge in [0.15, 0.2) is 11.8 Å². The summed E-state index contributed by atoms with van der Waals surface area (Å²) in [6.07, 6.45) is 2.77. The lowest BCUT2D eigenvalue weighted by molar-refractivity contribution is -0.160. The summed E-state index contributed by atoms with van der Waals surface area (Å²) in [6.45, 7) is 10.8. The van der Waals surface area contributed by atoms with Gasteiger partial charge in [0.25, 0.3) is 0 Å². The second kappa shape index (κ2) is 11.1. The standard InChI is InChI=1S/C30H36FN5O4S/c1-18-24(25(28(37)38)40-29(2,3)4)27(35-13-11-30(5,39-6)12-14-35)36-23(33-18)16-22(34-36)26-32-17-21(41-26)15-19-7-9-20(31)10-8-19/h7-10,16-17,25H,11-15H2,1-6H3,(H,37,38). The summed E-state index contributed by atoms with van der Waals surface area (Å²) < 4.78 is 26.9. The minimum absolute atomic E-state index is 0.247. The highest BCUT2D eigenvalue weighted by atomic mass is 32.1. The van der Waals surface area contributed by atoms with Gasteiger partial charge in [-0.15, -0.1) is 11.3 Å². The van der Waals surface area contributed by atoms with E-state index in [9.17, 15) is 14.3 Å². The fraction of sp³-hybridized carbons (Fsp3) is 0.467. The number of rotatable bonds is 8. The van der Waals surface area contributed by atoms with Gasteiger partial charge in [0.1, 0.15) is 22.3 Å². The van der Waals surface area contributed by atoms with Gasteiger partial charge in [-0.3, -0.25) is 0 Å². The number of aryl methyl sites for hydroxylation is 1. The molecule has 1 saturated heterocycles. The number of thiazole rings is 1.